The molecule has 0 heterocycles. The van der Waals surface area contributed by atoms with Crippen molar-refractivity contribution in [1.82, 2.24) is 0 Å². The number of hydrogen-bond donors (Lipinski definition) is 1. The number of esters is 1. The summed E-state index contributed by atoms with van der Waals surface area (Å²) >= 11 is 0. The molecule has 78 valence electrons. The van der Waals surface area contributed by atoms with Crippen molar-refractivity contribution in [3.05, 3.63) is 0 Å². The van der Waals surface area contributed by atoms with Crippen LogP contribution < -0.4 is 5.73 Å². The van der Waals surface area contributed by atoms with Crippen LogP contribution in [0, 0.1) is 0 Å². The standard InChI is InChI=1S/C7H13NO4.ClH/c1-4-11-6(10)12-5(9)7(2,3)8;/h4,8H2,1-3H3;1H. The second-order valence-corrected chi connectivity index (χ2v) is 2.79. The van der Waals surface area contributed by atoms with Crippen molar-refractivity contribution >= 4 is 24.5 Å². The smallest absolute Gasteiger partial charge is 0.434 e. The molecule has 13 heavy (non-hydrogen) atoms. The van der Waals surface area contributed by atoms with E-state index in [1.807, 2.05) is 0 Å². The van der Waals surface area contributed by atoms with Gasteiger partial charge in [0.15, 0.2) is 0 Å². The van der Waals surface area contributed by atoms with Crippen molar-refractivity contribution in [3.8, 4) is 0 Å². The monoisotopic (exact) mass is 211 g/mol. The highest BCUT2D eigenvalue weighted by Crippen LogP contribution is 2.00. The first-order valence-electron chi connectivity index (χ1n) is 3.56. The molecule has 0 spiro atoms. The molecular weight excluding hydrogens is 198 g/mol. The van der Waals surface area contributed by atoms with E-state index in [9.17, 15) is 9.59 Å². The van der Waals surface area contributed by atoms with Crippen molar-refractivity contribution < 1.29 is 19.1 Å². The number of rotatable bonds is 2. The Bertz CT molecular complexity index is 187. The van der Waals surface area contributed by atoms with Crippen molar-refractivity contribution in [1.29, 1.82) is 0 Å². The fourth-order valence-electron chi connectivity index (χ4n) is 0.355. The molecule has 0 aliphatic heterocycles. The summed E-state index contributed by atoms with van der Waals surface area (Å²) in [5.41, 5.74) is 4.17. The van der Waals surface area contributed by atoms with E-state index in [-0.39, 0.29) is 19.0 Å². The van der Waals surface area contributed by atoms with Crippen LogP contribution in [0.1, 0.15) is 20.8 Å². The number of ether oxygens (including phenoxy) is 2. The Kier molecular flexibility index (Phi) is 6.53. The van der Waals surface area contributed by atoms with Gasteiger partial charge in [-0.1, -0.05) is 0 Å². The first-order valence-corrected chi connectivity index (χ1v) is 3.56. The molecule has 0 bridgehead atoms. The van der Waals surface area contributed by atoms with Crippen molar-refractivity contribution in [2.45, 2.75) is 26.3 Å². The summed E-state index contributed by atoms with van der Waals surface area (Å²) in [5, 5.41) is 0. The molecular formula is C7H14ClNO4. The Morgan fingerprint density at radius 1 is 1.38 bits per heavy atom. The maximum Gasteiger partial charge on any atom is 0.516 e. The number of carbonyl (C=O) groups excluding carboxylic acids is 2. The second-order valence-electron chi connectivity index (χ2n) is 2.79. The lowest BCUT2D eigenvalue weighted by molar-refractivity contribution is -0.144. The molecule has 0 saturated carbocycles. The molecule has 6 heteroatoms. The predicted molar refractivity (Wildman–Crippen MR) is 48.6 cm³/mol. The van der Waals surface area contributed by atoms with Gasteiger partial charge in [0.1, 0.15) is 5.54 Å². The summed E-state index contributed by atoms with van der Waals surface area (Å²) in [6, 6.07) is 0. The minimum Gasteiger partial charge on any atom is -0.434 e. The molecule has 0 aromatic rings. The SMILES string of the molecule is CCOC(=O)OC(=O)C(C)(C)N.Cl. The fourth-order valence-corrected chi connectivity index (χ4v) is 0.355. The van der Waals surface area contributed by atoms with Gasteiger partial charge in [-0.3, -0.25) is 0 Å². The van der Waals surface area contributed by atoms with Crippen molar-refractivity contribution in [2.75, 3.05) is 6.61 Å². The van der Waals surface area contributed by atoms with Crippen LogP contribution in [0.2, 0.25) is 0 Å². The van der Waals surface area contributed by atoms with Gasteiger partial charge in [-0.05, 0) is 20.8 Å². The first kappa shape index (κ1) is 14.7. The van der Waals surface area contributed by atoms with Gasteiger partial charge in [-0.2, -0.15) is 0 Å². The minimum atomic E-state index is -1.17. The summed E-state index contributed by atoms with van der Waals surface area (Å²) < 4.78 is 8.60. The van der Waals surface area contributed by atoms with E-state index in [4.69, 9.17) is 5.73 Å². The zero-order valence-corrected chi connectivity index (χ0v) is 8.64. The van der Waals surface area contributed by atoms with E-state index in [2.05, 4.69) is 9.47 Å². The van der Waals surface area contributed by atoms with Crippen LogP contribution in [0.25, 0.3) is 0 Å². The average Bonchev–Trinajstić information content (AvgIpc) is 1.85. The van der Waals surface area contributed by atoms with Gasteiger partial charge in [0.2, 0.25) is 0 Å². The van der Waals surface area contributed by atoms with Crippen LogP contribution in [-0.2, 0) is 14.3 Å². The molecule has 5 nitrogen and oxygen atoms in total. The number of nitrogens with two attached hydrogens (primary N) is 1. The van der Waals surface area contributed by atoms with Gasteiger partial charge in [0.05, 0.1) is 6.61 Å². The molecule has 0 fully saturated rings. The minimum absolute atomic E-state index is 0. The molecule has 0 radical (unpaired) electrons. The van der Waals surface area contributed by atoms with E-state index in [0.717, 1.165) is 0 Å². The zero-order chi connectivity index (χ0) is 9.78. The van der Waals surface area contributed by atoms with Crippen LogP contribution >= 0.6 is 12.4 Å². The largest absolute Gasteiger partial charge is 0.516 e. The lowest BCUT2D eigenvalue weighted by Gasteiger charge is -2.14. The molecule has 2 N–H and O–H groups in total. The molecule has 0 atom stereocenters. The number of hydrogen-bond acceptors (Lipinski definition) is 5. The van der Waals surface area contributed by atoms with Gasteiger partial charge in [0, 0.05) is 0 Å². The van der Waals surface area contributed by atoms with Crippen LogP contribution in [0.15, 0.2) is 0 Å². The third-order valence-electron chi connectivity index (χ3n) is 0.964. The Labute approximate surface area is 83.0 Å². The molecule has 0 unspecified atom stereocenters. The highest BCUT2D eigenvalue weighted by Gasteiger charge is 2.26. The van der Waals surface area contributed by atoms with Crippen LogP contribution in [0.3, 0.4) is 0 Å². The van der Waals surface area contributed by atoms with E-state index in [1.165, 1.54) is 13.8 Å². The normalized spacial score (nSPS) is 9.85. The highest BCUT2D eigenvalue weighted by atomic mass is 35.5. The van der Waals surface area contributed by atoms with E-state index >= 15 is 0 Å². The Balaban J connectivity index is 0. The summed E-state index contributed by atoms with van der Waals surface area (Å²) in [7, 11) is 0. The second kappa shape index (κ2) is 5.77. The van der Waals surface area contributed by atoms with Crippen molar-refractivity contribution in [2.24, 2.45) is 5.73 Å². The van der Waals surface area contributed by atoms with Gasteiger partial charge in [0.25, 0.3) is 0 Å². The Hall–Kier alpha value is -0.810. The van der Waals surface area contributed by atoms with Crippen LogP contribution in [-0.4, -0.2) is 24.3 Å². The Morgan fingerprint density at radius 3 is 2.15 bits per heavy atom. The first-order chi connectivity index (χ1) is 5.38. The maximum atomic E-state index is 10.9. The highest BCUT2D eigenvalue weighted by molar-refractivity contribution is 5.87. The fraction of sp³-hybridized carbons (Fsp3) is 0.714. The van der Waals surface area contributed by atoms with Gasteiger partial charge in [-0.15, -0.1) is 12.4 Å². The quantitative estimate of drug-likeness (QED) is 0.541. The summed E-state index contributed by atoms with van der Waals surface area (Å²) in [6.07, 6.45) is -1.01. The van der Waals surface area contributed by atoms with Gasteiger partial charge < -0.3 is 15.2 Å². The third-order valence-corrected chi connectivity index (χ3v) is 0.964. The predicted octanol–water partition coefficient (Wildman–Crippen LogP) is 0.845. The topological polar surface area (TPSA) is 78.6 Å². The van der Waals surface area contributed by atoms with E-state index in [1.54, 1.807) is 6.92 Å². The van der Waals surface area contributed by atoms with E-state index in [0.29, 0.717) is 0 Å². The van der Waals surface area contributed by atoms with Crippen LogP contribution in [0.4, 0.5) is 4.79 Å². The lowest BCUT2D eigenvalue weighted by Crippen LogP contribution is -2.43. The summed E-state index contributed by atoms with van der Waals surface area (Å²) in [5.74, 6) is -0.805. The molecule has 0 aromatic heterocycles. The lowest BCUT2D eigenvalue weighted by atomic mass is 10.1. The third kappa shape index (κ3) is 6.36. The zero-order valence-electron chi connectivity index (χ0n) is 7.83. The van der Waals surface area contributed by atoms with Crippen molar-refractivity contribution in [3.63, 3.8) is 0 Å². The van der Waals surface area contributed by atoms with Gasteiger partial charge in [-0.25, -0.2) is 9.59 Å². The number of halogens is 1. The summed E-state index contributed by atoms with van der Waals surface area (Å²) in [6.45, 7) is 4.65. The van der Waals surface area contributed by atoms with E-state index < -0.39 is 17.7 Å². The molecule has 0 aromatic carbocycles. The molecule has 0 amide bonds. The number of carbonyl (C=O) groups is 2. The molecule has 0 saturated heterocycles. The molecule has 0 aliphatic rings. The van der Waals surface area contributed by atoms with Gasteiger partial charge >= 0.3 is 12.1 Å². The maximum absolute atomic E-state index is 10.9. The average molecular weight is 212 g/mol. The Morgan fingerprint density at radius 2 is 1.85 bits per heavy atom. The molecule has 0 aliphatic carbocycles. The summed E-state index contributed by atoms with van der Waals surface area (Å²) in [4.78, 5) is 21.5. The molecule has 0 rings (SSSR count). The van der Waals surface area contributed by atoms with Crippen LogP contribution in [0.5, 0.6) is 0 Å².